The zero-order chi connectivity index (χ0) is 35.7. The van der Waals surface area contributed by atoms with Gasteiger partial charge in [-0.05, 0) is 70.3 Å². The highest BCUT2D eigenvalue weighted by Crippen LogP contribution is 2.47. The average molecular weight is 691 g/mol. The normalized spacial score (nSPS) is 15.9. The highest BCUT2D eigenvalue weighted by Gasteiger charge is 2.58. The van der Waals surface area contributed by atoms with Crippen LogP contribution in [0.4, 0.5) is 28.9 Å². The van der Waals surface area contributed by atoms with Crippen LogP contribution in [0.25, 0.3) is 11.1 Å². The topological polar surface area (TPSA) is 116 Å². The predicted octanol–water partition coefficient (Wildman–Crippen LogP) is 5.88. The molecule has 2 atom stereocenters. The summed E-state index contributed by atoms with van der Waals surface area (Å²) in [7, 11) is 0. The quantitative estimate of drug-likeness (QED) is 0.173. The molecule has 0 saturated carbocycles. The first kappa shape index (κ1) is 34.9. The number of anilines is 2. The maximum absolute atomic E-state index is 16.1. The van der Waals surface area contributed by atoms with E-state index in [4.69, 9.17) is 0 Å². The van der Waals surface area contributed by atoms with E-state index in [9.17, 15) is 19.0 Å². The molecule has 1 fully saturated rings. The maximum atomic E-state index is 16.1. The lowest BCUT2D eigenvalue weighted by Crippen LogP contribution is -2.48. The third-order valence-electron chi connectivity index (χ3n) is 8.89. The number of benzene rings is 2. The van der Waals surface area contributed by atoms with Crippen LogP contribution in [0.3, 0.4) is 0 Å². The number of aliphatic hydroxyl groups is 2. The van der Waals surface area contributed by atoms with E-state index in [1.54, 1.807) is 0 Å². The van der Waals surface area contributed by atoms with Crippen molar-refractivity contribution in [1.82, 2.24) is 30.2 Å². The molecule has 1 aliphatic heterocycles. The molecule has 50 heavy (non-hydrogen) atoms. The Morgan fingerprint density at radius 3 is 2.02 bits per heavy atom. The number of piperazine rings is 1. The molecule has 2 N–H and O–H groups in total. The number of hydrogen-bond acceptors (Lipinski definition) is 9. The van der Waals surface area contributed by atoms with Crippen molar-refractivity contribution in [3.8, 4) is 11.1 Å². The van der Waals surface area contributed by atoms with E-state index >= 15 is 8.78 Å². The van der Waals surface area contributed by atoms with E-state index in [-0.39, 0.29) is 5.41 Å². The second-order valence-corrected chi connectivity index (χ2v) is 13.7. The van der Waals surface area contributed by atoms with Gasteiger partial charge in [-0.15, -0.1) is 5.10 Å². The van der Waals surface area contributed by atoms with Gasteiger partial charge >= 0.3 is 5.92 Å². The molecule has 10 nitrogen and oxygen atoms in total. The van der Waals surface area contributed by atoms with Crippen molar-refractivity contribution in [2.24, 2.45) is 5.41 Å². The van der Waals surface area contributed by atoms with E-state index < -0.39 is 47.1 Å². The summed E-state index contributed by atoms with van der Waals surface area (Å²) in [5.41, 5.74) is -0.885. The van der Waals surface area contributed by atoms with Gasteiger partial charge in [0.15, 0.2) is 5.60 Å². The summed E-state index contributed by atoms with van der Waals surface area (Å²) < 4.78 is 61.5. The number of tetrazole rings is 1. The molecule has 0 aliphatic carbocycles. The zero-order valence-electron chi connectivity index (χ0n) is 27.9. The van der Waals surface area contributed by atoms with E-state index in [0.717, 1.165) is 72.3 Å². The van der Waals surface area contributed by atoms with Gasteiger partial charge in [0.05, 0.1) is 30.2 Å². The number of pyridine rings is 2. The van der Waals surface area contributed by atoms with E-state index in [0.29, 0.717) is 23.7 Å². The summed E-state index contributed by atoms with van der Waals surface area (Å²) in [6.07, 6.45) is 4.10. The van der Waals surface area contributed by atoms with Gasteiger partial charge in [-0.3, -0.25) is 9.97 Å². The summed E-state index contributed by atoms with van der Waals surface area (Å²) in [5.74, 6) is -6.48. The minimum Gasteiger partial charge on any atom is -0.387 e. The Balaban J connectivity index is 1.12. The fourth-order valence-corrected chi connectivity index (χ4v) is 6.18. The maximum Gasteiger partial charge on any atom is 0.323 e. The Bertz CT molecular complexity index is 1880. The first-order valence-electron chi connectivity index (χ1n) is 16.2. The molecule has 4 heterocycles. The number of aromatic nitrogens is 6. The SMILES string of the molecule is CC(C)(C)CC(O)c1ccc(N2CCN(c3ccc(-c4ccc(C(F)(F)C(O)(Cn5cnnn5)c5ccc(F)cc5F)nc4)cc3)CC2)cn1. The zero-order valence-corrected chi connectivity index (χ0v) is 27.9. The van der Waals surface area contributed by atoms with Crippen LogP contribution in [0.5, 0.6) is 0 Å². The third kappa shape index (κ3) is 7.31. The van der Waals surface area contributed by atoms with Gasteiger partial charge in [-0.1, -0.05) is 39.0 Å². The molecule has 0 spiro atoms. The lowest BCUT2D eigenvalue weighted by Gasteiger charge is -2.37. The Morgan fingerprint density at radius 1 is 0.800 bits per heavy atom. The Kier molecular flexibility index (Phi) is 9.60. The van der Waals surface area contributed by atoms with Crippen LogP contribution in [0, 0.1) is 17.0 Å². The predicted molar refractivity (Wildman–Crippen MR) is 179 cm³/mol. The van der Waals surface area contributed by atoms with Gasteiger partial charge < -0.3 is 20.0 Å². The lowest BCUT2D eigenvalue weighted by molar-refractivity contribution is -0.207. The van der Waals surface area contributed by atoms with Crippen molar-refractivity contribution in [3.05, 3.63) is 114 Å². The average Bonchev–Trinajstić information content (AvgIpc) is 3.60. The standard InChI is InChI=1S/C36H38F4N8O2/c1-34(2,3)19-32(49)31-12-10-28(21-41-31)47-16-14-46(15-17-47)27-8-4-24(5-9-27)25-6-13-33(42-20-25)36(39,40)35(50,22-48-23-43-44-45-48)29-11-7-26(37)18-30(29)38/h4-13,18,20-21,23,32,49-50H,14-17,19,22H2,1-3H3. The van der Waals surface area contributed by atoms with Crippen molar-refractivity contribution in [2.45, 2.75) is 51.4 Å². The monoisotopic (exact) mass is 690 g/mol. The van der Waals surface area contributed by atoms with Crippen LogP contribution in [0.2, 0.25) is 0 Å². The van der Waals surface area contributed by atoms with E-state index in [2.05, 4.69) is 56.1 Å². The first-order valence-corrected chi connectivity index (χ1v) is 16.2. The molecular weight excluding hydrogens is 652 g/mol. The number of nitrogens with zero attached hydrogens (tertiary/aromatic N) is 8. The number of alkyl halides is 2. The summed E-state index contributed by atoms with van der Waals surface area (Å²) in [4.78, 5) is 13.0. The van der Waals surface area contributed by atoms with Gasteiger partial charge in [0.2, 0.25) is 0 Å². The van der Waals surface area contributed by atoms with Crippen molar-refractivity contribution >= 4 is 11.4 Å². The first-order chi connectivity index (χ1) is 23.7. The van der Waals surface area contributed by atoms with Crippen LogP contribution in [-0.2, 0) is 18.1 Å². The molecule has 2 aromatic carbocycles. The molecule has 1 aliphatic rings. The molecule has 0 bridgehead atoms. The van der Waals surface area contributed by atoms with Crippen molar-refractivity contribution in [2.75, 3.05) is 36.0 Å². The molecular formula is C36H38F4N8O2. The molecule has 5 aromatic rings. The Morgan fingerprint density at radius 2 is 1.46 bits per heavy atom. The molecule has 0 amide bonds. The van der Waals surface area contributed by atoms with Gasteiger partial charge in [-0.25, -0.2) is 13.5 Å². The summed E-state index contributed by atoms with van der Waals surface area (Å²) in [5, 5.41) is 32.3. The summed E-state index contributed by atoms with van der Waals surface area (Å²) in [6.45, 7) is 8.46. The molecule has 262 valence electrons. The number of aliphatic hydroxyl groups excluding tert-OH is 1. The molecule has 3 aromatic heterocycles. The second kappa shape index (κ2) is 13.8. The molecule has 2 unspecified atom stereocenters. The number of hydrogen-bond donors (Lipinski definition) is 2. The minimum absolute atomic E-state index is 0.00374. The van der Waals surface area contributed by atoms with Gasteiger partial charge in [0.25, 0.3) is 0 Å². The van der Waals surface area contributed by atoms with Gasteiger partial charge in [0, 0.05) is 55.3 Å². The minimum atomic E-state index is -4.15. The second-order valence-electron chi connectivity index (χ2n) is 13.7. The van der Waals surface area contributed by atoms with Crippen molar-refractivity contribution in [3.63, 3.8) is 0 Å². The molecule has 0 radical (unpaired) electrons. The van der Waals surface area contributed by atoms with Crippen LogP contribution < -0.4 is 9.80 Å². The van der Waals surface area contributed by atoms with Crippen LogP contribution in [0.15, 0.2) is 85.5 Å². The third-order valence-corrected chi connectivity index (χ3v) is 8.89. The molecule has 6 rings (SSSR count). The van der Waals surface area contributed by atoms with Crippen LogP contribution >= 0.6 is 0 Å². The van der Waals surface area contributed by atoms with Crippen LogP contribution in [-0.4, -0.2) is 66.6 Å². The van der Waals surface area contributed by atoms with Gasteiger partial charge in [0.1, 0.15) is 23.7 Å². The number of halogens is 4. The summed E-state index contributed by atoms with van der Waals surface area (Å²) >= 11 is 0. The molecule has 1 saturated heterocycles. The van der Waals surface area contributed by atoms with Gasteiger partial charge in [-0.2, -0.15) is 8.78 Å². The van der Waals surface area contributed by atoms with E-state index in [1.807, 2.05) is 42.6 Å². The smallest absolute Gasteiger partial charge is 0.323 e. The van der Waals surface area contributed by atoms with Crippen LogP contribution in [0.1, 0.15) is 50.2 Å². The largest absolute Gasteiger partial charge is 0.387 e. The van der Waals surface area contributed by atoms with E-state index in [1.165, 1.54) is 12.3 Å². The number of rotatable bonds is 10. The highest BCUT2D eigenvalue weighted by molar-refractivity contribution is 5.66. The molecule has 14 heteroatoms. The van der Waals surface area contributed by atoms with Crippen molar-refractivity contribution in [1.29, 1.82) is 0 Å². The fraction of sp³-hybridized carbons (Fsp3) is 0.361. The van der Waals surface area contributed by atoms with Crippen molar-refractivity contribution < 1.29 is 27.8 Å². The highest BCUT2D eigenvalue weighted by atomic mass is 19.3. The summed E-state index contributed by atoms with van der Waals surface area (Å²) in [6, 6.07) is 16.1. The fourth-order valence-electron chi connectivity index (χ4n) is 6.18. The Hall–Kier alpha value is -4.95. The lowest BCUT2D eigenvalue weighted by atomic mass is 9.84. The Labute approximate surface area is 287 Å².